The Bertz CT molecular complexity index is 819. The molecule has 2 aromatic carbocycles. The molecular weight excluding hydrogens is 397 g/mol. The molecule has 0 saturated carbocycles. The quantitative estimate of drug-likeness (QED) is 0.691. The predicted molar refractivity (Wildman–Crippen MR) is 112 cm³/mol. The van der Waals surface area contributed by atoms with Crippen molar-refractivity contribution in [2.75, 3.05) is 19.8 Å². The van der Waals surface area contributed by atoms with Crippen LogP contribution in [0.1, 0.15) is 36.5 Å². The van der Waals surface area contributed by atoms with E-state index in [1.165, 1.54) is 0 Å². The number of amides is 1. The minimum Gasteiger partial charge on any atom is -0.381 e. The van der Waals surface area contributed by atoms with Gasteiger partial charge < -0.3 is 14.8 Å². The first-order valence-corrected chi connectivity index (χ1v) is 10.3. The van der Waals surface area contributed by atoms with Crippen LogP contribution in [0.15, 0.2) is 42.5 Å². The van der Waals surface area contributed by atoms with Crippen molar-refractivity contribution in [1.82, 2.24) is 5.32 Å². The molecule has 0 aromatic heterocycles. The zero-order valence-corrected chi connectivity index (χ0v) is 17.5. The van der Waals surface area contributed by atoms with E-state index in [0.717, 1.165) is 16.7 Å². The van der Waals surface area contributed by atoms with Gasteiger partial charge in [-0.2, -0.15) is 0 Å². The van der Waals surface area contributed by atoms with E-state index in [2.05, 4.69) is 5.32 Å². The maximum Gasteiger partial charge on any atom is 0.231 e. The monoisotopic (exact) mass is 421 g/mol. The number of carbonyl (C=O) groups excluding carboxylic acids is 1. The molecule has 6 heteroatoms. The van der Waals surface area contributed by atoms with Crippen molar-refractivity contribution < 1.29 is 14.3 Å². The molecule has 1 fully saturated rings. The highest BCUT2D eigenvalue weighted by Gasteiger charge is 2.43. The van der Waals surface area contributed by atoms with Gasteiger partial charge in [-0.15, -0.1) is 0 Å². The molecule has 1 amide bonds. The summed E-state index contributed by atoms with van der Waals surface area (Å²) in [5.41, 5.74) is 2.22. The second kappa shape index (κ2) is 9.75. The average Bonchev–Trinajstić information content (AvgIpc) is 2.71. The lowest BCUT2D eigenvalue weighted by atomic mass is 9.73. The van der Waals surface area contributed by atoms with E-state index in [0.29, 0.717) is 55.9 Å². The fourth-order valence-electron chi connectivity index (χ4n) is 3.64. The van der Waals surface area contributed by atoms with Crippen molar-refractivity contribution in [1.29, 1.82) is 0 Å². The average molecular weight is 422 g/mol. The first-order chi connectivity index (χ1) is 13.6. The first-order valence-electron chi connectivity index (χ1n) is 9.53. The van der Waals surface area contributed by atoms with Gasteiger partial charge in [-0.25, -0.2) is 0 Å². The molecule has 0 unspecified atom stereocenters. The SMILES string of the molecule is CCOCc1ccccc1CNC(=O)C1(c2ccc(Cl)cc2Cl)CCOCC1. The lowest BCUT2D eigenvalue weighted by Gasteiger charge is -2.37. The second-order valence-electron chi connectivity index (χ2n) is 6.91. The molecule has 0 radical (unpaired) electrons. The van der Waals surface area contributed by atoms with Crippen LogP contribution in [0.2, 0.25) is 10.0 Å². The number of halogens is 2. The summed E-state index contributed by atoms with van der Waals surface area (Å²) in [7, 11) is 0. The van der Waals surface area contributed by atoms with Gasteiger partial charge in [0.05, 0.1) is 12.0 Å². The van der Waals surface area contributed by atoms with Gasteiger partial charge in [0.25, 0.3) is 0 Å². The molecule has 1 aliphatic rings. The first kappa shape index (κ1) is 21.1. The zero-order valence-electron chi connectivity index (χ0n) is 16.0. The molecule has 0 aliphatic carbocycles. The Morgan fingerprint density at radius 1 is 1.14 bits per heavy atom. The number of hydrogen-bond donors (Lipinski definition) is 1. The molecule has 2 aromatic rings. The number of carbonyl (C=O) groups is 1. The highest BCUT2D eigenvalue weighted by Crippen LogP contribution is 2.40. The third kappa shape index (κ3) is 4.69. The summed E-state index contributed by atoms with van der Waals surface area (Å²) in [4.78, 5) is 13.4. The molecule has 1 aliphatic heterocycles. The summed E-state index contributed by atoms with van der Waals surface area (Å²) in [6.45, 7) is 4.63. The standard InChI is InChI=1S/C22H25Cl2NO3/c1-2-27-15-17-6-4-3-5-16(17)14-25-21(26)22(9-11-28-12-10-22)19-8-7-18(23)13-20(19)24/h3-8,13H,2,9-12,14-15H2,1H3,(H,25,26). The van der Waals surface area contributed by atoms with Crippen LogP contribution in [-0.4, -0.2) is 25.7 Å². The predicted octanol–water partition coefficient (Wildman–Crippen LogP) is 4.89. The maximum atomic E-state index is 13.4. The summed E-state index contributed by atoms with van der Waals surface area (Å²) in [6.07, 6.45) is 1.17. The molecule has 4 nitrogen and oxygen atoms in total. The normalized spacial score (nSPS) is 16.0. The Hall–Kier alpha value is -1.59. The van der Waals surface area contributed by atoms with Gasteiger partial charge in [0.2, 0.25) is 5.91 Å². The third-order valence-corrected chi connectivity index (χ3v) is 5.79. The van der Waals surface area contributed by atoms with Gasteiger partial charge in [0.15, 0.2) is 0 Å². The molecular formula is C22H25Cl2NO3. The number of ether oxygens (including phenoxy) is 2. The van der Waals surface area contributed by atoms with Crippen LogP contribution in [0.4, 0.5) is 0 Å². The van der Waals surface area contributed by atoms with E-state index < -0.39 is 5.41 Å². The number of nitrogens with one attached hydrogen (secondary N) is 1. The lowest BCUT2D eigenvalue weighted by Crippen LogP contribution is -2.48. The van der Waals surface area contributed by atoms with Crippen LogP contribution in [0.5, 0.6) is 0 Å². The van der Waals surface area contributed by atoms with Crippen LogP contribution >= 0.6 is 23.2 Å². The summed E-state index contributed by atoms with van der Waals surface area (Å²) in [5, 5.41) is 4.20. The van der Waals surface area contributed by atoms with Crippen LogP contribution in [0.3, 0.4) is 0 Å². The summed E-state index contributed by atoms with van der Waals surface area (Å²) in [6, 6.07) is 13.3. The minimum atomic E-state index is -0.714. The van der Waals surface area contributed by atoms with Crippen molar-refractivity contribution in [3.8, 4) is 0 Å². The van der Waals surface area contributed by atoms with Gasteiger partial charge >= 0.3 is 0 Å². The number of hydrogen-bond acceptors (Lipinski definition) is 3. The van der Waals surface area contributed by atoms with Gasteiger partial charge in [-0.05, 0) is 48.6 Å². The largest absolute Gasteiger partial charge is 0.381 e. The van der Waals surface area contributed by atoms with E-state index in [9.17, 15) is 4.79 Å². The molecule has 28 heavy (non-hydrogen) atoms. The molecule has 0 bridgehead atoms. The highest BCUT2D eigenvalue weighted by atomic mass is 35.5. The topological polar surface area (TPSA) is 47.6 Å². The van der Waals surface area contributed by atoms with E-state index >= 15 is 0 Å². The van der Waals surface area contributed by atoms with Gasteiger partial charge in [0.1, 0.15) is 0 Å². The molecule has 1 saturated heterocycles. The Labute approximate surface area is 176 Å². The van der Waals surface area contributed by atoms with E-state index in [1.807, 2.05) is 37.3 Å². The lowest BCUT2D eigenvalue weighted by molar-refractivity contribution is -0.130. The molecule has 0 spiro atoms. The summed E-state index contributed by atoms with van der Waals surface area (Å²) in [5.74, 6) is -0.0359. The maximum absolute atomic E-state index is 13.4. The Kier molecular flexibility index (Phi) is 7.36. The van der Waals surface area contributed by atoms with Gasteiger partial charge in [0, 0.05) is 36.4 Å². The van der Waals surface area contributed by atoms with Crippen molar-refractivity contribution in [2.45, 2.75) is 38.3 Å². The minimum absolute atomic E-state index is 0.0359. The van der Waals surface area contributed by atoms with E-state index in [-0.39, 0.29) is 5.91 Å². The van der Waals surface area contributed by atoms with E-state index in [4.69, 9.17) is 32.7 Å². The Balaban J connectivity index is 1.82. The van der Waals surface area contributed by atoms with Crippen molar-refractivity contribution in [3.63, 3.8) is 0 Å². The third-order valence-electron chi connectivity index (χ3n) is 5.25. The van der Waals surface area contributed by atoms with Gasteiger partial charge in [-0.3, -0.25) is 4.79 Å². The van der Waals surface area contributed by atoms with Crippen LogP contribution in [0, 0.1) is 0 Å². The highest BCUT2D eigenvalue weighted by molar-refractivity contribution is 6.35. The molecule has 150 valence electrons. The fourth-order valence-corrected chi connectivity index (χ4v) is 4.23. The molecule has 3 rings (SSSR count). The Morgan fingerprint density at radius 3 is 2.54 bits per heavy atom. The molecule has 0 atom stereocenters. The summed E-state index contributed by atoms with van der Waals surface area (Å²) >= 11 is 12.5. The van der Waals surface area contributed by atoms with Crippen LogP contribution in [0.25, 0.3) is 0 Å². The van der Waals surface area contributed by atoms with Crippen molar-refractivity contribution >= 4 is 29.1 Å². The van der Waals surface area contributed by atoms with Crippen LogP contribution in [-0.2, 0) is 32.8 Å². The Morgan fingerprint density at radius 2 is 1.86 bits per heavy atom. The number of benzene rings is 2. The van der Waals surface area contributed by atoms with Crippen molar-refractivity contribution in [3.05, 3.63) is 69.2 Å². The smallest absolute Gasteiger partial charge is 0.231 e. The summed E-state index contributed by atoms with van der Waals surface area (Å²) < 4.78 is 11.1. The fraction of sp³-hybridized carbons (Fsp3) is 0.409. The zero-order chi connectivity index (χ0) is 20.0. The van der Waals surface area contributed by atoms with Gasteiger partial charge in [-0.1, -0.05) is 53.5 Å². The van der Waals surface area contributed by atoms with E-state index in [1.54, 1.807) is 12.1 Å². The van der Waals surface area contributed by atoms with Crippen molar-refractivity contribution in [2.24, 2.45) is 0 Å². The van der Waals surface area contributed by atoms with Crippen LogP contribution < -0.4 is 5.32 Å². The second-order valence-corrected chi connectivity index (χ2v) is 7.75. The molecule has 1 heterocycles. The molecule has 1 N–H and O–H groups in total. The number of rotatable bonds is 7.